The largest absolute Gasteiger partial charge is 0.492 e. The van der Waals surface area contributed by atoms with E-state index in [0.29, 0.717) is 13.2 Å². The lowest BCUT2D eigenvalue weighted by Crippen LogP contribution is -2.34. The van der Waals surface area contributed by atoms with Crippen LogP contribution in [-0.4, -0.2) is 32.7 Å². The summed E-state index contributed by atoms with van der Waals surface area (Å²) in [5.41, 5.74) is 0.990. The average Bonchev–Trinajstić information content (AvgIpc) is 2.73. The number of benzene rings is 1. The van der Waals surface area contributed by atoms with E-state index < -0.39 is 0 Å². The van der Waals surface area contributed by atoms with Gasteiger partial charge in [-0.05, 0) is 13.1 Å². The molecule has 1 heterocycles. The molecule has 1 unspecified atom stereocenters. The van der Waals surface area contributed by atoms with E-state index in [-0.39, 0.29) is 11.8 Å². The molecule has 2 rings (SSSR count). The van der Waals surface area contributed by atoms with E-state index in [4.69, 9.17) is 4.74 Å². The number of ether oxygens (including phenoxy) is 1. The van der Waals surface area contributed by atoms with Crippen LogP contribution in [0.25, 0.3) is 0 Å². The third-order valence-corrected chi connectivity index (χ3v) is 2.69. The fourth-order valence-corrected chi connectivity index (χ4v) is 1.81. The van der Waals surface area contributed by atoms with Crippen molar-refractivity contribution in [1.29, 1.82) is 0 Å². The maximum absolute atomic E-state index is 11.9. The minimum atomic E-state index is -0.159. The first-order valence-corrected chi connectivity index (χ1v) is 5.47. The van der Waals surface area contributed by atoms with Crippen molar-refractivity contribution in [3.63, 3.8) is 0 Å². The van der Waals surface area contributed by atoms with Crippen LogP contribution in [0.1, 0.15) is 11.5 Å². The molecule has 1 amide bonds. The van der Waals surface area contributed by atoms with Gasteiger partial charge in [0.15, 0.2) is 0 Å². The second kappa shape index (κ2) is 4.99. The third kappa shape index (κ3) is 2.17. The van der Waals surface area contributed by atoms with Crippen molar-refractivity contribution in [3.05, 3.63) is 29.8 Å². The van der Waals surface area contributed by atoms with E-state index in [2.05, 4.69) is 10.6 Å². The molecule has 1 aromatic carbocycles. The molecule has 86 valence electrons. The van der Waals surface area contributed by atoms with E-state index in [9.17, 15) is 4.79 Å². The summed E-state index contributed by atoms with van der Waals surface area (Å²) < 4.78 is 5.46. The highest BCUT2D eigenvalue weighted by Gasteiger charge is 2.29. The highest BCUT2D eigenvalue weighted by Crippen LogP contribution is 2.33. The number of amides is 1. The smallest absolute Gasteiger partial charge is 0.231 e. The maximum atomic E-state index is 11.9. The van der Waals surface area contributed by atoms with Crippen LogP contribution in [0.2, 0.25) is 0 Å². The molecule has 1 aliphatic rings. The van der Waals surface area contributed by atoms with E-state index in [1.165, 1.54) is 0 Å². The normalized spacial score (nSPS) is 17.7. The molecule has 0 radical (unpaired) electrons. The Morgan fingerprint density at radius 2 is 2.25 bits per heavy atom. The quantitative estimate of drug-likeness (QED) is 0.726. The molecule has 0 saturated carbocycles. The zero-order valence-corrected chi connectivity index (χ0v) is 9.32. The van der Waals surface area contributed by atoms with Crippen molar-refractivity contribution < 1.29 is 9.53 Å². The molecule has 16 heavy (non-hydrogen) atoms. The number of carbonyl (C=O) groups excluding carboxylic acids is 1. The second-order valence-electron chi connectivity index (χ2n) is 3.80. The molecule has 1 atom stereocenters. The van der Waals surface area contributed by atoms with Gasteiger partial charge in [0.1, 0.15) is 18.3 Å². The van der Waals surface area contributed by atoms with Gasteiger partial charge in [-0.15, -0.1) is 0 Å². The van der Waals surface area contributed by atoms with Gasteiger partial charge in [0.05, 0.1) is 0 Å². The third-order valence-electron chi connectivity index (χ3n) is 2.69. The first kappa shape index (κ1) is 11.0. The van der Waals surface area contributed by atoms with Gasteiger partial charge < -0.3 is 15.4 Å². The number of rotatable bonds is 4. The standard InChI is InChI=1S/C12H16N2O2/c1-13-6-7-14-12(15)10-8-16-11-5-3-2-4-9(10)11/h2-5,10,13H,6-8H2,1H3,(H,14,15). The van der Waals surface area contributed by atoms with Gasteiger partial charge in [0.25, 0.3) is 0 Å². The Kier molecular flexibility index (Phi) is 3.41. The SMILES string of the molecule is CNCCNC(=O)C1COc2ccccc21. The first-order chi connectivity index (χ1) is 7.83. The van der Waals surface area contributed by atoms with Crippen LogP contribution in [0.3, 0.4) is 0 Å². The van der Waals surface area contributed by atoms with Crippen LogP contribution in [0.5, 0.6) is 5.75 Å². The summed E-state index contributed by atoms with van der Waals surface area (Å²) in [5.74, 6) is 0.713. The Bertz CT molecular complexity index is 379. The number of fused-ring (bicyclic) bond motifs is 1. The van der Waals surface area contributed by atoms with Crippen molar-refractivity contribution in [1.82, 2.24) is 10.6 Å². The lowest BCUT2D eigenvalue weighted by Gasteiger charge is -2.09. The molecule has 1 aliphatic heterocycles. The minimum absolute atomic E-state index is 0.0419. The van der Waals surface area contributed by atoms with Crippen molar-refractivity contribution in [2.45, 2.75) is 5.92 Å². The van der Waals surface area contributed by atoms with Gasteiger partial charge in [-0.3, -0.25) is 4.79 Å². The second-order valence-corrected chi connectivity index (χ2v) is 3.80. The van der Waals surface area contributed by atoms with E-state index in [0.717, 1.165) is 17.9 Å². The van der Waals surface area contributed by atoms with Crippen LogP contribution in [0.4, 0.5) is 0 Å². The van der Waals surface area contributed by atoms with Crippen molar-refractivity contribution >= 4 is 5.91 Å². The summed E-state index contributed by atoms with van der Waals surface area (Å²) in [6, 6.07) is 7.70. The van der Waals surface area contributed by atoms with Crippen molar-refractivity contribution in [2.75, 3.05) is 26.7 Å². The van der Waals surface area contributed by atoms with Crippen LogP contribution in [0.15, 0.2) is 24.3 Å². The highest BCUT2D eigenvalue weighted by atomic mass is 16.5. The van der Waals surface area contributed by atoms with Gasteiger partial charge in [0.2, 0.25) is 5.91 Å². The number of hydrogen-bond donors (Lipinski definition) is 2. The van der Waals surface area contributed by atoms with Gasteiger partial charge in [-0.25, -0.2) is 0 Å². The molecule has 0 saturated heterocycles. The molecule has 0 aliphatic carbocycles. The molecule has 4 heteroatoms. The minimum Gasteiger partial charge on any atom is -0.492 e. The zero-order chi connectivity index (χ0) is 11.4. The van der Waals surface area contributed by atoms with Crippen molar-refractivity contribution in [2.24, 2.45) is 0 Å². The number of hydrogen-bond acceptors (Lipinski definition) is 3. The number of carbonyl (C=O) groups is 1. The molecular weight excluding hydrogens is 204 g/mol. The number of nitrogens with one attached hydrogen (secondary N) is 2. The van der Waals surface area contributed by atoms with Crippen LogP contribution in [-0.2, 0) is 4.79 Å². The van der Waals surface area contributed by atoms with Crippen molar-refractivity contribution in [3.8, 4) is 5.75 Å². The van der Waals surface area contributed by atoms with Crippen LogP contribution < -0.4 is 15.4 Å². The highest BCUT2D eigenvalue weighted by molar-refractivity contribution is 5.85. The summed E-state index contributed by atoms with van der Waals surface area (Å²) in [5, 5.41) is 5.87. The monoisotopic (exact) mass is 220 g/mol. The number of likely N-dealkylation sites (N-methyl/N-ethyl adjacent to an activating group) is 1. The van der Waals surface area contributed by atoms with E-state index in [1.54, 1.807) is 0 Å². The van der Waals surface area contributed by atoms with E-state index >= 15 is 0 Å². The fourth-order valence-electron chi connectivity index (χ4n) is 1.81. The fraction of sp³-hybridized carbons (Fsp3) is 0.417. The maximum Gasteiger partial charge on any atom is 0.231 e. The lowest BCUT2D eigenvalue weighted by molar-refractivity contribution is -0.122. The Hall–Kier alpha value is -1.55. The zero-order valence-electron chi connectivity index (χ0n) is 9.32. The molecule has 0 aromatic heterocycles. The predicted octanol–water partition coefficient (Wildman–Crippen LogP) is 0.498. The molecule has 0 spiro atoms. The molecule has 4 nitrogen and oxygen atoms in total. The molecule has 1 aromatic rings. The van der Waals surface area contributed by atoms with E-state index in [1.807, 2.05) is 31.3 Å². The topological polar surface area (TPSA) is 50.4 Å². The molecule has 0 bridgehead atoms. The van der Waals surface area contributed by atoms with Gasteiger partial charge in [0, 0.05) is 18.7 Å². The van der Waals surface area contributed by atoms with Gasteiger partial charge in [-0.1, -0.05) is 18.2 Å². The number of para-hydroxylation sites is 1. The van der Waals surface area contributed by atoms with Crippen LogP contribution >= 0.6 is 0 Å². The Balaban J connectivity index is 1.99. The molecular formula is C12H16N2O2. The Labute approximate surface area is 95.0 Å². The summed E-state index contributed by atoms with van der Waals surface area (Å²) in [7, 11) is 1.86. The average molecular weight is 220 g/mol. The molecule has 2 N–H and O–H groups in total. The predicted molar refractivity (Wildman–Crippen MR) is 61.6 cm³/mol. The Morgan fingerprint density at radius 3 is 3.06 bits per heavy atom. The first-order valence-electron chi connectivity index (χ1n) is 5.47. The van der Waals surface area contributed by atoms with Crippen LogP contribution in [0, 0.1) is 0 Å². The lowest BCUT2D eigenvalue weighted by atomic mass is 10.0. The summed E-state index contributed by atoms with van der Waals surface area (Å²) in [4.78, 5) is 11.9. The van der Waals surface area contributed by atoms with Gasteiger partial charge >= 0.3 is 0 Å². The molecule has 0 fully saturated rings. The summed E-state index contributed by atoms with van der Waals surface area (Å²) in [6.45, 7) is 1.87. The Morgan fingerprint density at radius 1 is 1.44 bits per heavy atom. The summed E-state index contributed by atoms with van der Waals surface area (Å²) in [6.07, 6.45) is 0. The summed E-state index contributed by atoms with van der Waals surface area (Å²) >= 11 is 0. The van der Waals surface area contributed by atoms with Gasteiger partial charge in [-0.2, -0.15) is 0 Å².